The minimum absolute atomic E-state index is 1.05. The van der Waals surface area contributed by atoms with Crippen LogP contribution < -0.4 is 0 Å². The molecule has 0 nitrogen and oxygen atoms in total. The van der Waals surface area contributed by atoms with Crippen LogP contribution in [-0.2, 0) is 0 Å². The van der Waals surface area contributed by atoms with Crippen molar-refractivity contribution < 1.29 is 0 Å². The van der Waals surface area contributed by atoms with Crippen molar-refractivity contribution in [1.29, 1.82) is 0 Å². The highest BCUT2D eigenvalue weighted by molar-refractivity contribution is 7.80. The van der Waals surface area contributed by atoms with Gasteiger partial charge in [-0.2, -0.15) is 0 Å². The maximum absolute atomic E-state index is 4.44. The van der Waals surface area contributed by atoms with Gasteiger partial charge in [-0.1, -0.05) is 17.7 Å². The fourth-order valence-electron chi connectivity index (χ4n) is 1.28. The monoisotopic (exact) mass is 206 g/mol. The van der Waals surface area contributed by atoms with E-state index in [-0.39, 0.29) is 0 Å². The van der Waals surface area contributed by atoms with E-state index >= 15 is 0 Å². The SMILES string of the molecule is Cc1ccc(S)c(-c2cccs2)c1. The number of thiol groups is 1. The van der Waals surface area contributed by atoms with Gasteiger partial charge in [-0.15, -0.1) is 24.0 Å². The molecule has 1 aromatic carbocycles. The summed E-state index contributed by atoms with van der Waals surface area (Å²) in [6.45, 7) is 2.10. The molecular weight excluding hydrogens is 196 g/mol. The molecule has 0 aliphatic heterocycles. The Kier molecular flexibility index (Phi) is 2.42. The van der Waals surface area contributed by atoms with E-state index in [1.807, 2.05) is 6.07 Å². The van der Waals surface area contributed by atoms with Gasteiger partial charge in [-0.3, -0.25) is 0 Å². The Balaban J connectivity index is 2.57. The quantitative estimate of drug-likeness (QED) is 0.670. The van der Waals surface area contributed by atoms with Gasteiger partial charge < -0.3 is 0 Å². The molecule has 0 saturated heterocycles. The van der Waals surface area contributed by atoms with Crippen LogP contribution in [0.4, 0.5) is 0 Å². The molecule has 0 N–H and O–H groups in total. The molecule has 0 amide bonds. The highest BCUT2D eigenvalue weighted by Crippen LogP contribution is 2.30. The third kappa shape index (κ3) is 1.79. The van der Waals surface area contributed by atoms with Crippen LogP contribution in [0, 0.1) is 6.92 Å². The maximum atomic E-state index is 4.44. The molecule has 0 radical (unpaired) electrons. The summed E-state index contributed by atoms with van der Waals surface area (Å²) in [5.74, 6) is 0. The van der Waals surface area contributed by atoms with Crippen LogP contribution in [0.5, 0.6) is 0 Å². The minimum Gasteiger partial charge on any atom is -0.144 e. The van der Waals surface area contributed by atoms with Crippen LogP contribution in [0.15, 0.2) is 40.6 Å². The largest absolute Gasteiger partial charge is 0.144 e. The molecule has 1 aromatic heterocycles. The van der Waals surface area contributed by atoms with E-state index in [4.69, 9.17) is 0 Å². The molecule has 2 aromatic rings. The predicted octanol–water partition coefficient (Wildman–Crippen LogP) is 4.01. The van der Waals surface area contributed by atoms with Gasteiger partial charge in [0.25, 0.3) is 0 Å². The Morgan fingerprint density at radius 3 is 2.77 bits per heavy atom. The van der Waals surface area contributed by atoms with E-state index in [2.05, 4.69) is 49.2 Å². The molecule has 0 fully saturated rings. The number of hydrogen-bond acceptors (Lipinski definition) is 2. The molecule has 0 saturated carbocycles. The molecule has 66 valence electrons. The second kappa shape index (κ2) is 3.56. The topological polar surface area (TPSA) is 0 Å². The number of benzene rings is 1. The highest BCUT2D eigenvalue weighted by Gasteiger charge is 2.02. The summed E-state index contributed by atoms with van der Waals surface area (Å²) in [6.07, 6.45) is 0. The first-order chi connectivity index (χ1) is 6.27. The van der Waals surface area contributed by atoms with Crippen LogP contribution in [-0.4, -0.2) is 0 Å². The van der Waals surface area contributed by atoms with E-state index in [0.29, 0.717) is 0 Å². The average molecular weight is 206 g/mol. The second-order valence-electron chi connectivity index (χ2n) is 3.00. The van der Waals surface area contributed by atoms with E-state index in [1.165, 1.54) is 16.0 Å². The van der Waals surface area contributed by atoms with E-state index in [0.717, 1.165) is 4.90 Å². The van der Waals surface area contributed by atoms with Crippen molar-refractivity contribution in [3.63, 3.8) is 0 Å². The van der Waals surface area contributed by atoms with Gasteiger partial charge in [0.05, 0.1) is 0 Å². The summed E-state index contributed by atoms with van der Waals surface area (Å²) in [7, 11) is 0. The van der Waals surface area contributed by atoms with Crippen molar-refractivity contribution in [3.8, 4) is 10.4 Å². The molecule has 0 bridgehead atoms. The van der Waals surface area contributed by atoms with Crippen LogP contribution in [0.3, 0.4) is 0 Å². The van der Waals surface area contributed by atoms with Gasteiger partial charge in [0.2, 0.25) is 0 Å². The van der Waals surface area contributed by atoms with Gasteiger partial charge >= 0.3 is 0 Å². The molecule has 13 heavy (non-hydrogen) atoms. The summed E-state index contributed by atoms with van der Waals surface area (Å²) in [4.78, 5) is 2.33. The van der Waals surface area contributed by atoms with Crippen LogP contribution in [0.25, 0.3) is 10.4 Å². The van der Waals surface area contributed by atoms with E-state index in [9.17, 15) is 0 Å². The lowest BCUT2D eigenvalue weighted by Crippen LogP contribution is -1.78. The van der Waals surface area contributed by atoms with Crippen molar-refractivity contribution in [2.75, 3.05) is 0 Å². The van der Waals surface area contributed by atoms with Gasteiger partial charge in [-0.25, -0.2) is 0 Å². The lowest BCUT2D eigenvalue weighted by molar-refractivity contribution is 1.39. The third-order valence-corrected chi connectivity index (χ3v) is 3.23. The van der Waals surface area contributed by atoms with Crippen molar-refractivity contribution in [3.05, 3.63) is 41.3 Å². The summed E-state index contributed by atoms with van der Waals surface area (Å²) < 4.78 is 0. The summed E-state index contributed by atoms with van der Waals surface area (Å²) >= 11 is 6.19. The summed E-state index contributed by atoms with van der Waals surface area (Å²) in [5.41, 5.74) is 2.51. The van der Waals surface area contributed by atoms with Crippen LogP contribution in [0.2, 0.25) is 0 Å². The van der Waals surface area contributed by atoms with Gasteiger partial charge in [0, 0.05) is 15.3 Å². The van der Waals surface area contributed by atoms with Crippen molar-refractivity contribution in [2.24, 2.45) is 0 Å². The lowest BCUT2D eigenvalue weighted by Gasteiger charge is -2.03. The van der Waals surface area contributed by atoms with Crippen LogP contribution in [0.1, 0.15) is 5.56 Å². The fraction of sp³-hybridized carbons (Fsp3) is 0.0909. The summed E-state index contributed by atoms with van der Waals surface area (Å²) in [6, 6.07) is 10.5. The molecule has 0 unspecified atom stereocenters. The third-order valence-electron chi connectivity index (χ3n) is 1.94. The molecule has 0 aliphatic rings. The molecule has 0 aliphatic carbocycles. The van der Waals surface area contributed by atoms with Gasteiger partial charge in [-0.05, 0) is 30.5 Å². The lowest BCUT2D eigenvalue weighted by atomic mass is 10.1. The Labute approximate surface area is 87.6 Å². The number of thiophene rings is 1. The molecule has 0 spiro atoms. The predicted molar refractivity (Wildman–Crippen MR) is 61.7 cm³/mol. The van der Waals surface area contributed by atoms with Crippen molar-refractivity contribution in [2.45, 2.75) is 11.8 Å². The first-order valence-corrected chi connectivity index (χ1v) is 5.43. The molecular formula is C11H10S2. The molecule has 2 rings (SSSR count). The van der Waals surface area contributed by atoms with Crippen molar-refractivity contribution in [1.82, 2.24) is 0 Å². The minimum atomic E-state index is 1.05. The number of aryl methyl sites for hydroxylation is 1. The Bertz CT molecular complexity index is 402. The van der Waals surface area contributed by atoms with Gasteiger partial charge in [0.1, 0.15) is 0 Å². The molecule has 2 heteroatoms. The highest BCUT2D eigenvalue weighted by atomic mass is 32.1. The Hall–Kier alpha value is -0.730. The van der Waals surface area contributed by atoms with E-state index < -0.39 is 0 Å². The first-order valence-electron chi connectivity index (χ1n) is 4.11. The van der Waals surface area contributed by atoms with E-state index in [1.54, 1.807) is 11.3 Å². The Morgan fingerprint density at radius 2 is 2.08 bits per heavy atom. The van der Waals surface area contributed by atoms with Crippen molar-refractivity contribution >= 4 is 24.0 Å². The van der Waals surface area contributed by atoms with Gasteiger partial charge in [0.15, 0.2) is 0 Å². The smallest absolute Gasteiger partial charge is 0.0353 e. The molecule has 1 heterocycles. The first kappa shape index (κ1) is 8.85. The molecule has 0 atom stereocenters. The average Bonchev–Trinajstić information content (AvgIpc) is 2.61. The number of hydrogen-bond donors (Lipinski definition) is 1. The maximum Gasteiger partial charge on any atom is 0.0353 e. The van der Waals surface area contributed by atoms with Crippen LogP contribution >= 0.6 is 24.0 Å². The normalized spacial score (nSPS) is 10.3. The Morgan fingerprint density at radius 1 is 1.23 bits per heavy atom. The zero-order chi connectivity index (χ0) is 9.26. The zero-order valence-electron chi connectivity index (χ0n) is 7.32. The summed E-state index contributed by atoms with van der Waals surface area (Å²) in [5, 5.41) is 2.09. The fourth-order valence-corrected chi connectivity index (χ4v) is 2.37. The zero-order valence-corrected chi connectivity index (χ0v) is 9.03. The standard InChI is InChI=1S/C11H10S2/c1-8-4-5-10(12)9(7-8)11-3-2-6-13-11/h2-7,12H,1H3. The number of rotatable bonds is 1. The second-order valence-corrected chi connectivity index (χ2v) is 4.43.